The number of carbonyl (C=O) groups is 1. The van der Waals surface area contributed by atoms with Crippen molar-refractivity contribution in [3.8, 4) is 0 Å². The third kappa shape index (κ3) is 5.31. The molecule has 0 unspecified atom stereocenters. The van der Waals surface area contributed by atoms with E-state index in [1.54, 1.807) is 6.92 Å². The summed E-state index contributed by atoms with van der Waals surface area (Å²) in [5, 5.41) is 0. The van der Waals surface area contributed by atoms with Gasteiger partial charge < -0.3 is 14.4 Å². The Morgan fingerprint density at radius 1 is 1.05 bits per heavy atom. The van der Waals surface area contributed by atoms with Gasteiger partial charge in [0, 0.05) is 37.6 Å². The van der Waals surface area contributed by atoms with Gasteiger partial charge in [0.25, 0.3) is 0 Å². The molecule has 0 saturated carbocycles. The molecule has 0 heterocycles. The molecular formula is C16H25NO3. The fraction of sp³-hybridized carbons (Fsp3) is 0.562. The molecule has 0 aromatic heterocycles. The van der Waals surface area contributed by atoms with Gasteiger partial charge in [-0.25, -0.2) is 0 Å². The number of Topliss-reactive ketones (excluding diaryl/α,β-unsaturated/α-hetero) is 1. The number of hydrogen-bond donors (Lipinski definition) is 0. The fourth-order valence-electron chi connectivity index (χ4n) is 2.04. The van der Waals surface area contributed by atoms with Gasteiger partial charge in [-0.15, -0.1) is 0 Å². The zero-order valence-electron chi connectivity index (χ0n) is 12.7. The lowest BCUT2D eigenvalue weighted by atomic mass is 10.1. The molecule has 0 fully saturated rings. The smallest absolute Gasteiger partial charge is 0.161 e. The summed E-state index contributed by atoms with van der Waals surface area (Å²) in [5.41, 5.74) is 1.71. The van der Waals surface area contributed by atoms with Crippen molar-refractivity contribution in [2.75, 3.05) is 44.4 Å². The molecule has 0 amide bonds. The summed E-state index contributed by atoms with van der Waals surface area (Å²) in [5.74, 6) is 0.0819. The number of carbonyl (C=O) groups excluding carboxylic acids is 1. The predicted octanol–water partition coefficient (Wildman–Crippen LogP) is 2.77. The largest absolute Gasteiger partial charge is 0.380 e. The Morgan fingerprint density at radius 2 is 1.60 bits per heavy atom. The minimum Gasteiger partial charge on any atom is -0.380 e. The molecule has 112 valence electrons. The van der Waals surface area contributed by atoms with E-state index in [9.17, 15) is 4.79 Å². The van der Waals surface area contributed by atoms with Crippen LogP contribution in [-0.4, -0.2) is 45.3 Å². The van der Waals surface area contributed by atoms with E-state index in [1.165, 1.54) is 0 Å². The van der Waals surface area contributed by atoms with Crippen LogP contribution < -0.4 is 4.90 Å². The van der Waals surface area contributed by atoms with Crippen molar-refractivity contribution >= 4 is 11.5 Å². The molecular weight excluding hydrogens is 254 g/mol. The molecule has 4 heteroatoms. The second kappa shape index (κ2) is 9.50. The number of anilines is 1. The standard InChI is InChI=1S/C16H25NO3/c1-4-19-12-10-17(11-13-20-5-2)16-9-7-6-8-15(16)14(3)18/h6-9H,4-5,10-13H2,1-3H3. The van der Waals surface area contributed by atoms with Gasteiger partial charge in [-0.2, -0.15) is 0 Å². The fourth-order valence-corrected chi connectivity index (χ4v) is 2.04. The highest BCUT2D eigenvalue weighted by molar-refractivity contribution is 5.99. The molecule has 1 rings (SSSR count). The van der Waals surface area contributed by atoms with Crippen LogP contribution in [0.1, 0.15) is 31.1 Å². The summed E-state index contributed by atoms with van der Waals surface area (Å²) < 4.78 is 10.8. The van der Waals surface area contributed by atoms with Crippen molar-refractivity contribution in [3.63, 3.8) is 0 Å². The Bertz CT molecular complexity index is 396. The first-order valence-corrected chi connectivity index (χ1v) is 7.21. The van der Waals surface area contributed by atoms with Gasteiger partial charge in [0.2, 0.25) is 0 Å². The maximum absolute atomic E-state index is 11.7. The second-order valence-corrected chi connectivity index (χ2v) is 4.45. The molecule has 0 radical (unpaired) electrons. The summed E-state index contributed by atoms with van der Waals surface area (Å²) >= 11 is 0. The molecule has 1 aromatic carbocycles. The highest BCUT2D eigenvalue weighted by Crippen LogP contribution is 2.20. The Kier molecular flexibility index (Phi) is 7.92. The lowest BCUT2D eigenvalue weighted by Gasteiger charge is -2.26. The lowest BCUT2D eigenvalue weighted by molar-refractivity contribution is 0.101. The number of para-hydroxylation sites is 1. The molecule has 0 spiro atoms. The monoisotopic (exact) mass is 279 g/mol. The van der Waals surface area contributed by atoms with Crippen LogP contribution in [0.4, 0.5) is 5.69 Å². The van der Waals surface area contributed by atoms with Gasteiger partial charge in [0.1, 0.15) is 0 Å². The number of benzene rings is 1. The van der Waals surface area contributed by atoms with Crippen LogP contribution in [0.5, 0.6) is 0 Å². The van der Waals surface area contributed by atoms with E-state index in [0.29, 0.717) is 26.4 Å². The third-order valence-corrected chi connectivity index (χ3v) is 3.04. The first-order valence-electron chi connectivity index (χ1n) is 7.21. The van der Waals surface area contributed by atoms with Gasteiger partial charge in [-0.3, -0.25) is 4.79 Å². The van der Waals surface area contributed by atoms with Crippen LogP contribution in [0.3, 0.4) is 0 Å². The highest BCUT2D eigenvalue weighted by Gasteiger charge is 2.13. The highest BCUT2D eigenvalue weighted by atomic mass is 16.5. The van der Waals surface area contributed by atoms with E-state index in [4.69, 9.17) is 9.47 Å². The zero-order chi connectivity index (χ0) is 14.8. The van der Waals surface area contributed by atoms with Crippen molar-refractivity contribution in [1.82, 2.24) is 0 Å². The molecule has 0 aliphatic rings. The quantitative estimate of drug-likeness (QED) is 0.487. The second-order valence-electron chi connectivity index (χ2n) is 4.45. The Balaban J connectivity index is 2.81. The van der Waals surface area contributed by atoms with E-state index in [0.717, 1.165) is 24.3 Å². The first kappa shape index (κ1) is 16.7. The minimum absolute atomic E-state index is 0.0819. The van der Waals surface area contributed by atoms with E-state index in [2.05, 4.69) is 4.90 Å². The molecule has 20 heavy (non-hydrogen) atoms. The van der Waals surface area contributed by atoms with Crippen LogP contribution in [0.15, 0.2) is 24.3 Å². The molecule has 0 saturated heterocycles. The summed E-state index contributed by atoms with van der Waals surface area (Å²) in [4.78, 5) is 13.9. The first-order chi connectivity index (χ1) is 9.70. The molecule has 0 atom stereocenters. The van der Waals surface area contributed by atoms with E-state index < -0.39 is 0 Å². The average molecular weight is 279 g/mol. The van der Waals surface area contributed by atoms with Gasteiger partial charge in [0.05, 0.1) is 13.2 Å². The number of hydrogen-bond acceptors (Lipinski definition) is 4. The van der Waals surface area contributed by atoms with Gasteiger partial charge >= 0.3 is 0 Å². The summed E-state index contributed by atoms with van der Waals surface area (Å²) in [6.07, 6.45) is 0. The topological polar surface area (TPSA) is 38.8 Å². The zero-order valence-corrected chi connectivity index (χ0v) is 12.7. The van der Waals surface area contributed by atoms with Crippen molar-refractivity contribution < 1.29 is 14.3 Å². The number of ether oxygens (including phenoxy) is 2. The van der Waals surface area contributed by atoms with Crippen molar-refractivity contribution in [3.05, 3.63) is 29.8 Å². The molecule has 0 bridgehead atoms. The number of ketones is 1. The normalized spacial score (nSPS) is 10.6. The van der Waals surface area contributed by atoms with Crippen LogP contribution in [0.25, 0.3) is 0 Å². The van der Waals surface area contributed by atoms with Crippen molar-refractivity contribution in [1.29, 1.82) is 0 Å². The maximum Gasteiger partial charge on any atom is 0.161 e. The van der Waals surface area contributed by atoms with Gasteiger partial charge in [0.15, 0.2) is 5.78 Å². The molecule has 0 aliphatic carbocycles. The Hall–Kier alpha value is -1.39. The van der Waals surface area contributed by atoms with Crippen LogP contribution in [0, 0.1) is 0 Å². The van der Waals surface area contributed by atoms with Crippen molar-refractivity contribution in [2.24, 2.45) is 0 Å². The summed E-state index contributed by atoms with van der Waals surface area (Å²) in [7, 11) is 0. The number of rotatable bonds is 10. The predicted molar refractivity (Wildman–Crippen MR) is 81.6 cm³/mol. The van der Waals surface area contributed by atoms with Crippen LogP contribution >= 0.6 is 0 Å². The SMILES string of the molecule is CCOCCN(CCOCC)c1ccccc1C(C)=O. The average Bonchev–Trinajstić information content (AvgIpc) is 2.46. The van der Waals surface area contributed by atoms with Gasteiger partial charge in [-0.05, 0) is 32.9 Å². The summed E-state index contributed by atoms with van der Waals surface area (Å²) in [6.45, 7) is 9.77. The van der Waals surface area contributed by atoms with Crippen molar-refractivity contribution in [2.45, 2.75) is 20.8 Å². The maximum atomic E-state index is 11.7. The van der Waals surface area contributed by atoms with Crippen LogP contribution in [-0.2, 0) is 9.47 Å². The van der Waals surface area contributed by atoms with Gasteiger partial charge in [-0.1, -0.05) is 12.1 Å². The Morgan fingerprint density at radius 3 is 2.10 bits per heavy atom. The molecule has 0 N–H and O–H groups in total. The van der Waals surface area contributed by atoms with E-state index in [-0.39, 0.29) is 5.78 Å². The number of nitrogens with zero attached hydrogens (tertiary/aromatic N) is 1. The third-order valence-electron chi connectivity index (χ3n) is 3.04. The molecule has 4 nitrogen and oxygen atoms in total. The van der Waals surface area contributed by atoms with E-state index in [1.807, 2.05) is 38.1 Å². The van der Waals surface area contributed by atoms with E-state index >= 15 is 0 Å². The molecule has 1 aromatic rings. The van der Waals surface area contributed by atoms with Crippen LogP contribution in [0.2, 0.25) is 0 Å². The lowest BCUT2D eigenvalue weighted by Crippen LogP contribution is -2.32. The molecule has 0 aliphatic heterocycles. The minimum atomic E-state index is 0.0819. The Labute approximate surface area is 121 Å². The summed E-state index contributed by atoms with van der Waals surface area (Å²) in [6, 6.07) is 7.69.